The molecule has 1 aliphatic rings. The van der Waals surface area contributed by atoms with Crippen molar-refractivity contribution in [3.05, 3.63) is 80.4 Å². The van der Waals surface area contributed by atoms with Gasteiger partial charge in [0.05, 0.1) is 0 Å². The van der Waals surface area contributed by atoms with Crippen LogP contribution in [0.4, 0.5) is 0 Å². The number of nitrogens with zero attached hydrogens (tertiary/aromatic N) is 2. The van der Waals surface area contributed by atoms with Crippen LogP contribution in [0.5, 0.6) is 5.75 Å². The zero-order valence-electron chi connectivity index (χ0n) is 17.1. The third kappa shape index (κ3) is 4.99. The van der Waals surface area contributed by atoms with Crippen molar-refractivity contribution < 1.29 is 14.3 Å². The summed E-state index contributed by atoms with van der Waals surface area (Å²) in [4.78, 5) is 26.4. The van der Waals surface area contributed by atoms with Crippen molar-refractivity contribution in [2.24, 2.45) is 0 Å². The first-order chi connectivity index (χ1) is 14.8. The molecular weight excluding hydrogens is 435 g/mol. The fraction of sp³-hybridized carbons (Fsp3) is 0.208. The number of imide groups is 1. The molecule has 3 rings (SSSR count). The van der Waals surface area contributed by atoms with E-state index < -0.39 is 5.91 Å². The summed E-state index contributed by atoms with van der Waals surface area (Å²) in [5.74, 6) is -0.287. The van der Waals surface area contributed by atoms with Crippen LogP contribution >= 0.6 is 23.2 Å². The second-order valence-corrected chi connectivity index (χ2v) is 7.87. The normalized spacial score (nSPS) is 15.5. The highest BCUT2D eigenvalue weighted by molar-refractivity contribution is 6.35. The van der Waals surface area contributed by atoms with E-state index in [-0.39, 0.29) is 24.6 Å². The van der Waals surface area contributed by atoms with Crippen molar-refractivity contribution in [1.82, 2.24) is 4.90 Å². The summed E-state index contributed by atoms with van der Waals surface area (Å²) in [5.41, 5.74) is 2.30. The first-order valence-electron chi connectivity index (χ1n) is 9.71. The van der Waals surface area contributed by atoms with Gasteiger partial charge in [-0.3, -0.25) is 14.5 Å². The molecule has 1 aliphatic heterocycles. The first-order valence-corrected chi connectivity index (χ1v) is 10.5. The van der Waals surface area contributed by atoms with Crippen LogP contribution in [0.2, 0.25) is 10.0 Å². The van der Waals surface area contributed by atoms with E-state index in [9.17, 15) is 14.9 Å². The average molecular weight is 455 g/mol. The van der Waals surface area contributed by atoms with Gasteiger partial charge in [-0.05, 0) is 54.8 Å². The third-order valence-corrected chi connectivity index (χ3v) is 5.46. The molecule has 0 aliphatic carbocycles. The molecular formula is C24H20Cl2N2O3. The van der Waals surface area contributed by atoms with Gasteiger partial charge in [0.15, 0.2) is 0 Å². The topological polar surface area (TPSA) is 70.4 Å². The molecule has 2 aromatic rings. The maximum atomic E-state index is 12.8. The van der Waals surface area contributed by atoms with Crippen molar-refractivity contribution in [1.29, 1.82) is 5.26 Å². The lowest BCUT2D eigenvalue weighted by atomic mass is 9.93. The van der Waals surface area contributed by atoms with Crippen LogP contribution in [0.15, 0.2) is 59.2 Å². The lowest BCUT2D eigenvalue weighted by molar-refractivity contribution is -0.140. The van der Waals surface area contributed by atoms with E-state index in [4.69, 9.17) is 27.9 Å². The molecule has 0 saturated carbocycles. The van der Waals surface area contributed by atoms with Gasteiger partial charge < -0.3 is 4.74 Å². The maximum Gasteiger partial charge on any atom is 0.271 e. The monoisotopic (exact) mass is 454 g/mol. The molecule has 0 atom stereocenters. The minimum Gasteiger partial charge on any atom is -0.489 e. The number of hydrogen-bond acceptors (Lipinski definition) is 4. The molecule has 2 aromatic carbocycles. The Hall–Kier alpha value is -3.07. The van der Waals surface area contributed by atoms with Crippen LogP contribution in [-0.4, -0.2) is 23.3 Å². The van der Waals surface area contributed by atoms with Gasteiger partial charge in [-0.25, -0.2) is 0 Å². The van der Waals surface area contributed by atoms with Crippen molar-refractivity contribution in [2.75, 3.05) is 6.54 Å². The molecule has 0 bridgehead atoms. The van der Waals surface area contributed by atoms with Crippen molar-refractivity contribution in [3.63, 3.8) is 0 Å². The lowest BCUT2D eigenvalue weighted by Crippen LogP contribution is -2.43. The molecule has 0 fully saturated rings. The molecule has 7 heteroatoms. The van der Waals surface area contributed by atoms with Crippen LogP contribution in [0.25, 0.3) is 6.08 Å². The first kappa shape index (κ1) is 22.6. The number of nitriles is 1. The molecule has 0 unspecified atom stereocenters. The Morgan fingerprint density at radius 1 is 1.10 bits per heavy atom. The Labute approximate surface area is 191 Å². The predicted octanol–water partition coefficient (Wildman–Crippen LogP) is 5.57. The maximum absolute atomic E-state index is 12.8. The lowest BCUT2D eigenvalue weighted by Gasteiger charge is -2.27. The van der Waals surface area contributed by atoms with Crippen LogP contribution in [0.3, 0.4) is 0 Å². The van der Waals surface area contributed by atoms with E-state index in [0.29, 0.717) is 33.4 Å². The number of hydrogen-bond donors (Lipinski definition) is 0. The minimum absolute atomic E-state index is 0.000836. The van der Waals surface area contributed by atoms with Gasteiger partial charge in [0.1, 0.15) is 24.0 Å². The number of ether oxygens (including phenoxy) is 1. The van der Waals surface area contributed by atoms with Crippen molar-refractivity contribution in [3.8, 4) is 11.8 Å². The van der Waals surface area contributed by atoms with Gasteiger partial charge in [0.25, 0.3) is 11.8 Å². The van der Waals surface area contributed by atoms with Gasteiger partial charge in [0, 0.05) is 27.7 Å². The Bertz CT molecular complexity index is 1130. The Balaban J connectivity index is 1.81. The van der Waals surface area contributed by atoms with Gasteiger partial charge in [-0.15, -0.1) is 0 Å². The second-order valence-electron chi connectivity index (χ2n) is 7.03. The SMILES string of the molecule is CCCN1C(=O)C(C#N)=C(C)/C(=C\c2ccc(OCc3ccc(Cl)cc3Cl)cc2)C1=O. The van der Waals surface area contributed by atoms with E-state index in [1.165, 1.54) is 0 Å². The highest BCUT2D eigenvalue weighted by Gasteiger charge is 2.34. The number of carbonyl (C=O) groups is 2. The zero-order valence-corrected chi connectivity index (χ0v) is 18.6. The van der Waals surface area contributed by atoms with Gasteiger partial charge in [0.2, 0.25) is 0 Å². The van der Waals surface area contributed by atoms with Crippen LogP contribution in [0.1, 0.15) is 31.4 Å². The summed E-state index contributed by atoms with van der Waals surface area (Å²) >= 11 is 12.1. The largest absolute Gasteiger partial charge is 0.489 e. The van der Waals surface area contributed by atoms with Crippen LogP contribution in [0, 0.1) is 11.3 Å². The van der Waals surface area contributed by atoms with E-state index in [0.717, 1.165) is 16.0 Å². The molecule has 0 N–H and O–H groups in total. The van der Waals surface area contributed by atoms with Crippen molar-refractivity contribution >= 4 is 41.1 Å². The zero-order chi connectivity index (χ0) is 22.5. The number of carbonyl (C=O) groups excluding carboxylic acids is 2. The summed E-state index contributed by atoms with van der Waals surface area (Å²) < 4.78 is 5.78. The Kier molecular flexibility index (Phi) is 7.17. The predicted molar refractivity (Wildman–Crippen MR) is 121 cm³/mol. The standard InChI is InChI=1S/C24H20Cl2N2O3/c1-3-10-28-23(29)20(15(2)21(13-27)24(28)30)11-16-4-8-19(9-5-16)31-14-17-6-7-18(25)12-22(17)26/h4-9,11-12H,3,10,14H2,1-2H3/b20-11+. The quantitative estimate of drug-likeness (QED) is 0.422. The second kappa shape index (κ2) is 9.82. The molecule has 5 nitrogen and oxygen atoms in total. The summed E-state index contributed by atoms with van der Waals surface area (Å²) in [5, 5.41) is 10.5. The summed E-state index contributed by atoms with van der Waals surface area (Å²) in [7, 11) is 0. The molecule has 0 radical (unpaired) electrons. The van der Waals surface area contributed by atoms with E-state index >= 15 is 0 Å². The fourth-order valence-electron chi connectivity index (χ4n) is 3.18. The molecule has 1 heterocycles. The molecule has 0 aromatic heterocycles. The number of halogens is 2. The number of benzene rings is 2. The van der Waals surface area contributed by atoms with Crippen LogP contribution in [-0.2, 0) is 16.2 Å². The third-order valence-electron chi connectivity index (χ3n) is 4.87. The van der Waals surface area contributed by atoms with E-state index in [1.807, 2.05) is 19.1 Å². The van der Waals surface area contributed by atoms with Gasteiger partial charge in [-0.2, -0.15) is 5.26 Å². The Morgan fingerprint density at radius 2 is 1.81 bits per heavy atom. The molecule has 158 valence electrons. The molecule has 0 spiro atoms. The molecule has 2 amide bonds. The number of amides is 2. The molecule has 31 heavy (non-hydrogen) atoms. The average Bonchev–Trinajstić information content (AvgIpc) is 2.75. The van der Waals surface area contributed by atoms with Gasteiger partial charge >= 0.3 is 0 Å². The number of rotatable bonds is 6. The van der Waals surface area contributed by atoms with E-state index in [2.05, 4.69) is 0 Å². The highest BCUT2D eigenvalue weighted by atomic mass is 35.5. The van der Waals surface area contributed by atoms with Crippen LogP contribution < -0.4 is 4.74 Å². The summed E-state index contributed by atoms with van der Waals surface area (Å²) in [6.45, 7) is 4.05. The Morgan fingerprint density at radius 3 is 2.42 bits per heavy atom. The summed E-state index contributed by atoms with van der Waals surface area (Å²) in [6.07, 6.45) is 2.30. The smallest absolute Gasteiger partial charge is 0.271 e. The highest BCUT2D eigenvalue weighted by Crippen LogP contribution is 2.28. The minimum atomic E-state index is -0.534. The summed E-state index contributed by atoms with van der Waals surface area (Å²) in [6, 6.07) is 14.3. The van der Waals surface area contributed by atoms with Crippen molar-refractivity contribution in [2.45, 2.75) is 26.9 Å². The fourth-order valence-corrected chi connectivity index (χ4v) is 3.65. The van der Waals surface area contributed by atoms with Gasteiger partial charge in [-0.1, -0.05) is 48.3 Å². The molecule has 0 saturated heterocycles. The van der Waals surface area contributed by atoms with E-state index in [1.54, 1.807) is 49.4 Å².